The molecule has 0 bridgehead atoms. The van der Waals surface area contributed by atoms with Crippen LogP contribution in [-0.4, -0.2) is 29.9 Å². The Balaban J connectivity index is 2.22. The first-order chi connectivity index (χ1) is 6.63. The molecule has 1 heterocycles. The molecule has 1 aliphatic rings. The first kappa shape index (κ1) is 12.3. The molecule has 0 aromatic rings. The number of alkyl halides is 1. The zero-order valence-electron chi connectivity index (χ0n) is 9.80. The van der Waals surface area contributed by atoms with Gasteiger partial charge < -0.3 is 4.90 Å². The zero-order valence-corrected chi connectivity index (χ0v) is 10.6. The molecule has 2 unspecified atom stereocenters. The molecule has 0 radical (unpaired) electrons. The van der Waals surface area contributed by atoms with Gasteiger partial charge in [0, 0.05) is 11.9 Å². The van der Waals surface area contributed by atoms with E-state index in [9.17, 15) is 0 Å². The van der Waals surface area contributed by atoms with Gasteiger partial charge in [-0.25, -0.2) is 0 Å². The fourth-order valence-electron chi connectivity index (χ4n) is 2.16. The Hall–Kier alpha value is 0.250. The Labute approximate surface area is 93.8 Å². The average molecular weight is 218 g/mol. The Morgan fingerprint density at radius 1 is 1.29 bits per heavy atom. The third-order valence-corrected chi connectivity index (χ3v) is 3.90. The largest absolute Gasteiger partial charge is 0.303 e. The van der Waals surface area contributed by atoms with Crippen molar-refractivity contribution in [3.05, 3.63) is 0 Å². The molecule has 14 heavy (non-hydrogen) atoms. The van der Waals surface area contributed by atoms with Crippen molar-refractivity contribution in [2.24, 2.45) is 11.8 Å². The van der Waals surface area contributed by atoms with E-state index in [1.807, 2.05) is 0 Å². The molecular weight excluding hydrogens is 194 g/mol. The van der Waals surface area contributed by atoms with Gasteiger partial charge in [0.15, 0.2) is 0 Å². The second kappa shape index (κ2) is 5.97. The van der Waals surface area contributed by atoms with Crippen LogP contribution in [0.1, 0.15) is 40.0 Å². The van der Waals surface area contributed by atoms with Crippen molar-refractivity contribution in [2.75, 3.05) is 19.6 Å². The van der Waals surface area contributed by atoms with E-state index in [0.717, 1.165) is 11.8 Å². The van der Waals surface area contributed by atoms with E-state index in [-0.39, 0.29) is 0 Å². The van der Waals surface area contributed by atoms with Crippen LogP contribution in [0.2, 0.25) is 0 Å². The van der Waals surface area contributed by atoms with Crippen LogP contribution in [0.3, 0.4) is 0 Å². The van der Waals surface area contributed by atoms with Gasteiger partial charge in [-0.05, 0) is 44.7 Å². The molecule has 0 saturated carbocycles. The molecule has 0 spiro atoms. The smallest absolute Gasteiger partial charge is 0.0337 e. The molecule has 2 atom stereocenters. The van der Waals surface area contributed by atoms with Crippen molar-refractivity contribution in [1.82, 2.24) is 4.90 Å². The van der Waals surface area contributed by atoms with Crippen LogP contribution in [0.15, 0.2) is 0 Å². The van der Waals surface area contributed by atoms with Gasteiger partial charge in [0.05, 0.1) is 0 Å². The summed E-state index contributed by atoms with van der Waals surface area (Å²) in [6.07, 6.45) is 3.88. The van der Waals surface area contributed by atoms with Gasteiger partial charge in [-0.1, -0.05) is 20.3 Å². The maximum atomic E-state index is 6.12. The van der Waals surface area contributed by atoms with E-state index in [2.05, 4.69) is 25.7 Å². The molecule has 1 fully saturated rings. The number of halogens is 1. The van der Waals surface area contributed by atoms with Gasteiger partial charge in [0.2, 0.25) is 0 Å². The summed E-state index contributed by atoms with van der Waals surface area (Å²) >= 11 is 6.12. The SMILES string of the molecule is CCC(C)CN1CCC(C(C)Cl)CC1. The highest BCUT2D eigenvalue weighted by atomic mass is 35.5. The van der Waals surface area contributed by atoms with E-state index in [4.69, 9.17) is 11.6 Å². The normalized spacial score (nSPS) is 24.9. The highest BCUT2D eigenvalue weighted by Crippen LogP contribution is 2.24. The van der Waals surface area contributed by atoms with Crippen LogP contribution < -0.4 is 0 Å². The van der Waals surface area contributed by atoms with E-state index < -0.39 is 0 Å². The summed E-state index contributed by atoms with van der Waals surface area (Å²) in [6, 6.07) is 0. The number of hydrogen-bond acceptors (Lipinski definition) is 1. The molecule has 1 nitrogen and oxygen atoms in total. The molecule has 0 aromatic heterocycles. The quantitative estimate of drug-likeness (QED) is 0.653. The molecule has 0 amide bonds. The number of likely N-dealkylation sites (tertiary alicyclic amines) is 1. The lowest BCUT2D eigenvalue weighted by Crippen LogP contribution is -2.38. The van der Waals surface area contributed by atoms with Crippen LogP contribution >= 0.6 is 11.6 Å². The Morgan fingerprint density at radius 3 is 2.29 bits per heavy atom. The van der Waals surface area contributed by atoms with Gasteiger partial charge >= 0.3 is 0 Å². The fourth-order valence-corrected chi connectivity index (χ4v) is 2.42. The first-order valence-electron chi connectivity index (χ1n) is 6.00. The van der Waals surface area contributed by atoms with Crippen LogP contribution in [0.25, 0.3) is 0 Å². The standard InChI is InChI=1S/C12H24ClN/c1-4-10(2)9-14-7-5-12(6-8-14)11(3)13/h10-12H,4-9H2,1-3H3. The summed E-state index contributed by atoms with van der Waals surface area (Å²) in [6.45, 7) is 10.5. The lowest BCUT2D eigenvalue weighted by atomic mass is 9.93. The van der Waals surface area contributed by atoms with Gasteiger partial charge in [-0.2, -0.15) is 0 Å². The Kier molecular flexibility index (Phi) is 5.25. The van der Waals surface area contributed by atoms with Gasteiger partial charge in [0.25, 0.3) is 0 Å². The molecule has 0 aromatic carbocycles. The fraction of sp³-hybridized carbons (Fsp3) is 1.00. The predicted molar refractivity (Wildman–Crippen MR) is 63.9 cm³/mol. The zero-order chi connectivity index (χ0) is 10.6. The molecule has 0 N–H and O–H groups in total. The number of nitrogens with zero attached hydrogens (tertiary/aromatic N) is 1. The van der Waals surface area contributed by atoms with Crippen molar-refractivity contribution in [3.63, 3.8) is 0 Å². The van der Waals surface area contributed by atoms with Crippen molar-refractivity contribution in [1.29, 1.82) is 0 Å². The van der Waals surface area contributed by atoms with Crippen molar-refractivity contribution in [3.8, 4) is 0 Å². The Bertz CT molecular complexity index is 150. The third-order valence-electron chi connectivity index (χ3n) is 3.55. The third kappa shape index (κ3) is 3.78. The first-order valence-corrected chi connectivity index (χ1v) is 6.43. The second-order valence-corrected chi connectivity index (χ2v) is 5.52. The number of hydrogen-bond donors (Lipinski definition) is 0. The molecule has 84 valence electrons. The second-order valence-electron chi connectivity index (χ2n) is 4.83. The summed E-state index contributed by atoms with van der Waals surface area (Å²) in [5.74, 6) is 1.60. The summed E-state index contributed by atoms with van der Waals surface area (Å²) in [7, 11) is 0. The van der Waals surface area contributed by atoms with Gasteiger partial charge in [-0.15, -0.1) is 11.6 Å². The summed E-state index contributed by atoms with van der Waals surface area (Å²) < 4.78 is 0. The minimum Gasteiger partial charge on any atom is -0.303 e. The molecule has 0 aliphatic carbocycles. The van der Waals surface area contributed by atoms with E-state index >= 15 is 0 Å². The van der Waals surface area contributed by atoms with Crippen molar-refractivity contribution in [2.45, 2.75) is 45.4 Å². The number of piperidine rings is 1. The van der Waals surface area contributed by atoms with E-state index in [1.54, 1.807) is 0 Å². The molecule has 1 saturated heterocycles. The Morgan fingerprint density at radius 2 is 1.86 bits per heavy atom. The van der Waals surface area contributed by atoms with Crippen LogP contribution in [-0.2, 0) is 0 Å². The molecule has 1 rings (SSSR count). The lowest BCUT2D eigenvalue weighted by Gasteiger charge is -2.34. The topological polar surface area (TPSA) is 3.24 Å². The predicted octanol–water partition coefficient (Wildman–Crippen LogP) is 3.37. The molecular formula is C12H24ClN. The maximum absolute atomic E-state index is 6.12. The number of rotatable bonds is 4. The van der Waals surface area contributed by atoms with Crippen LogP contribution in [0, 0.1) is 11.8 Å². The maximum Gasteiger partial charge on any atom is 0.0337 e. The minimum atomic E-state index is 0.362. The summed E-state index contributed by atoms with van der Waals surface area (Å²) in [5, 5.41) is 0.362. The monoisotopic (exact) mass is 217 g/mol. The molecule has 1 aliphatic heterocycles. The summed E-state index contributed by atoms with van der Waals surface area (Å²) in [5.41, 5.74) is 0. The van der Waals surface area contributed by atoms with Crippen LogP contribution in [0.4, 0.5) is 0 Å². The minimum absolute atomic E-state index is 0.362. The summed E-state index contributed by atoms with van der Waals surface area (Å²) in [4.78, 5) is 2.60. The highest BCUT2D eigenvalue weighted by molar-refractivity contribution is 6.20. The van der Waals surface area contributed by atoms with Crippen LogP contribution in [0.5, 0.6) is 0 Å². The van der Waals surface area contributed by atoms with E-state index in [0.29, 0.717) is 5.38 Å². The van der Waals surface area contributed by atoms with Crippen molar-refractivity contribution >= 4 is 11.6 Å². The molecule has 2 heteroatoms. The highest BCUT2D eigenvalue weighted by Gasteiger charge is 2.22. The van der Waals surface area contributed by atoms with Gasteiger partial charge in [-0.3, -0.25) is 0 Å². The van der Waals surface area contributed by atoms with E-state index in [1.165, 1.54) is 38.9 Å². The van der Waals surface area contributed by atoms with Gasteiger partial charge in [0.1, 0.15) is 0 Å². The van der Waals surface area contributed by atoms with Crippen molar-refractivity contribution < 1.29 is 0 Å². The lowest BCUT2D eigenvalue weighted by molar-refractivity contribution is 0.162. The average Bonchev–Trinajstić information content (AvgIpc) is 2.18.